The van der Waals surface area contributed by atoms with Crippen LogP contribution in [0.15, 0.2) is 12.7 Å². The molecule has 11 nitrogen and oxygen atoms in total. The van der Waals surface area contributed by atoms with Crippen LogP contribution in [-0.4, -0.2) is 79.4 Å². The lowest BCUT2D eigenvalue weighted by molar-refractivity contribution is -0.154. The second kappa shape index (κ2) is 9.10. The molecule has 0 amide bonds. The van der Waals surface area contributed by atoms with Gasteiger partial charge in [-0.3, -0.25) is 9.36 Å². The average Bonchev–Trinajstić information content (AvgIpc) is 3.41. The van der Waals surface area contributed by atoms with Crippen LogP contribution in [0, 0.1) is 0 Å². The van der Waals surface area contributed by atoms with Gasteiger partial charge in [0.15, 0.2) is 17.7 Å². The van der Waals surface area contributed by atoms with Crippen molar-refractivity contribution in [2.45, 2.75) is 62.7 Å². The van der Waals surface area contributed by atoms with E-state index in [4.69, 9.17) is 24.7 Å². The first-order valence-electron chi connectivity index (χ1n) is 10.4. The molecule has 5 atom stereocenters. The van der Waals surface area contributed by atoms with Gasteiger partial charge in [0, 0.05) is 12.8 Å². The third kappa shape index (κ3) is 4.84. The number of aliphatic hydroxyl groups is 1. The Kier molecular flexibility index (Phi) is 6.59. The van der Waals surface area contributed by atoms with Crippen molar-refractivity contribution in [1.82, 2.24) is 19.5 Å². The molecule has 2 aromatic heterocycles. The fourth-order valence-electron chi connectivity index (χ4n) is 4.31. The lowest BCUT2D eigenvalue weighted by atomic mass is 9.91. The predicted molar refractivity (Wildman–Crippen MR) is 117 cm³/mol. The van der Waals surface area contributed by atoms with Crippen molar-refractivity contribution in [3.05, 3.63) is 12.7 Å². The minimum atomic E-state index is -0.808. The highest BCUT2D eigenvalue weighted by molar-refractivity contribution is 7.98. The third-order valence-electron chi connectivity index (χ3n) is 5.77. The molecule has 3 N–H and O–H groups in total. The normalized spacial score (nSPS) is 32.6. The van der Waals surface area contributed by atoms with Gasteiger partial charge in [0.1, 0.15) is 24.6 Å². The number of aliphatic hydroxyl groups excluding tert-OH is 1. The van der Waals surface area contributed by atoms with Crippen molar-refractivity contribution >= 4 is 34.7 Å². The summed E-state index contributed by atoms with van der Waals surface area (Å²) >= 11 is 1.60. The molecule has 0 radical (unpaired) electrons. The van der Waals surface area contributed by atoms with Gasteiger partial charge in [-0.1, -0.05) is 0 Å². The van der Waals surface area contributed by atoms with Gasteiger partial charge in [-0.15, -0.1) is 11.8 Å². The molecule has 32 heavy (non-hydrogen) atoms. The van der Waals surface area contributed by atoms with Gasteiger partial charge in [-0.25, -0.2) is 15.0 Å². The Morgan fingerprint density at radius 1 is 1.41 bits per heavy atom. The summed E-state index contributed by atoms with van der Waals surface area (Å²) in [5.74, 6) is 0.453. The van der Waals surface area contributed by atoms with Crippen LogP contribution in [0.2, 0.25) is 0 Å². The van der Waals surface area contributed by atoms with Gasteiger partial charge < -0.3 is 29.8 Å². The molecule has 0 bridgehead atoms. The van der Waals surface area contributed by atoms with E-state index in [0.717, 1.165) is 0 Å². The Morgan fingerprint density at radius 2 is 2.22 bits per heavy atom. The number of ether oxygens (including phenoxy) is 4. The second-order valence-corrected chi connectivity index (χ2v) is 9.62. The van der Waals surface area contributed by atoms with E-state index in [2.05, 4.69) is 15.0 Å². The molecule has 2 aliphatic heterocycles. The molecule has 2 aromatic rings. The number of anilines is 1. The van der Waals surface area contributed by atoms with Gasteiger partial charge in [0.05, 0.1) is 42.6 Å². The summed E-state index contributed by atoms with van der Waals surface area (Å²) < 4.78 is 24.8. The summed E-state index contributed by atoms with van der Waals surface area (Å²) in [6.07, 6.45) is 3.88. The first-order chi connectivity index (χ1) is 15.2. The maximum Gasteiger partial charge on any atom is 0.308 e. The average molecular weight is 468 g/mol. The van der Waals surface area contributed by atoms with Crippen LogP contribution in [-0.2, 0) is 23.7 Å². The van der Waals surface area contributed by atoms with Crippen LogP contribution >= 0.6 is 11.8 Å². The minimum absolute atomic E-state index is 0.0342. The molecule has 4 heterocycles. The molecule has 0 saturated carbocycles. The van der Waals surface area contributed by atoms with E-state index < -0.39 is 29.6 Å². The lowest BCUT2D eigenvalue weighted by Crippen LogP contribution is -2.33. The zero-order chi connectivity index (χ0) is 22.9. The van der Waals surface area contributed by atoms with E-state index in [-0.39, 0.29) is 24.8 Å². The van der Waals surface area contributed by atoms with Crippen molar-refractivity contribution < 1.29 is 28.8 Å². The zero-order valence-electron chi connectivity index (χ0n) is 18.4. The molecule has 2 aliphatic rings. The largest absolute Gasteiger partial charge is 0.463 e. The minimum Gasteiger partial charge on any atom is -0.463 e. The topological polar surface area (TPSA) is 144 Å². The third-order valence-corrected chi connectivity index (χ3v) is 6.13. The quantitative estimate of drug-likeness (QED) is 0.428. The fourth-order valence-corrected chi connectivity index (χ4v) is 4.72. The van der Waals surface area contributed by atoms with Crippen LogP contribution in [0.3, 0.4) is 0 Å². The van der Waals surface area contributed by atoms with Gasteiger partial charge in [0.25, 0.3) is 0 Å². The Balaban J connectivity index is 1.30. The molecular weight excluding hydrogens is 438 g/mol. The molecule has 2 fully saturated rings. The number of hydrogen-bond acceptors (Lipinski definition) is 11. The van der Waals surface area contributed by atoms with Gasteiger partial charge in [0.2, 0.25) is 0 Å². The summed E-state index contributed by atoms with van der Waals surface area (Å²) in [6, 6.07) is 0. The highest BCUT2D eigenvalue weighted by atomic mass is 32.2. The second-order valence-electron chi connectivity index (χ2n) is 8.81. The number of carbonyl (C=O) groups excluding carboxylic acids is 1. The van der Waals surface area contributed by atoms with E-state index in [1.165, 1.54) is 12.7 Å². The highest BCUT2D eigenvalue weighted by Crippen LogP contribution is 2.38. The number of thioether (sulfide) groups is 1. The lowest BCUT2D eigenvalue weighted by Gasteiger charge is -2.26. The molecule has 0 spiro atoms. The number of imidazole rings is 1. The zero-order valence-corrected chi connectivity index (χ0v) is 19.2. The fraction of sp³-hybridized carbons (Fsp3) is 0.700. The number of aromatic nitrogens is 4. The molecule has 2 saturated heterocycles. The summed E-state index contributed by atoms with van der Waals surface area (Å²) in [5.41, 5.74) is 5.68. The van der Waals surface area contributed by atoms with Crippen molar-refractivity contribution in [2.24, 2.45) is 0 Å². The summed E-state index contributed by atoms with van der Waals surface area (Å²) in [6.45, 7) is 4.36. The number of nitrogens with zero attached hydrogens (tertiary/aromatic N) is 4. The van der Waals surface area contributed by atoms with E-state index in [1.807, 2.05) is 20.1 Å². The number of fused-ring (bicyclic) bond motifs is 1. The Morgan fingerprint density at radius 3 is 3.00 bits per heavy atom. The molecule has 4 rings (SSSR count). The number of nitrogen functional groups attached to an aromatic ring is 1. The Bertz CT molecular complexity index is 975. The van der Waals surface area contributed by atoms with Crippen LogP contribution in [0.4, 0.5) is 5.82 Å². The van der Waals surface area contributed by atoms with Crippen LogP contribution in [0.5, 0.6) is 0 Å². The maximum absolute atomic E-state index is 12.5. The summed E-state index contributed by atoms with van der Waals surface area (Å²) in [7, 11) is 0. The Labute approximate surface area is 190 Å². The first kappa shape index (κ1) is 23.2. The number of esters is 1. The van der Waals surface area contributed by atoms with E-state index in [1.54, 1.807) is 16.3 Å². The maximum atomic E-state index is 12.5. The Hall–Kier alpha value is -1.99. The van der Waals surface area contributed by atoms with Crippen LogP contribution in [0.25, 0.3) is 11.2 Å². The number of nitrogens with two attached hydrogens (primary N) is 1. The van der Waals surface area contributed by atoms with E-state index in [9.17, 15) is 9.90 Å². The van der Waals surface area contributed by atoms with E-state index in [0.29, 0.717) is 36.6 Å². The van der Waals surface area contributed by atoms with Crippen LogP contribution < -0.4 is 5.73 Å². The highest BCUT2D eigenvalue weighted by Gasteiger charge is 2.46. The number of hydrogen-bond donors (Lipinski definition) is 2. The molecule has 5 unspecified atom stereocenters. The van der Waals surface area contributed by atoms with Crippen molar-refractivity contribution in [3.8, 4) is 0 Å². The molecule has 0 aromatic carbocycles. The van der Waals surface area contributed by atoms with Crippen molar-refractivity contribution in [3.63, 3.8) is 0 Å². The van der Waals surface area contributed by atoms with Gasteiger partial charge in [-0.2, -0.15) is 0 Å². The molecule has 12 heteroatoms. The first-order valence-corrected chi connectivity index (χ1v) is 11.8. The van der Waals surface area contributed by atoms with Gasteiger partial charge in [-0.05, 0) is 20.1 Å². The monoisotopic (exact) mass is 467 g/mol. The SMILES string of the molecule is CSCOC1(C)COC(C)(CC(=O)OCC2CC(O)C(n3cnc4c(N)ncnc43)O2)C1. The smallest absolute Gasteiger partial charge is 0.308 e. The molecule has 0 aliphatic carbocycles. The van der Waals surface area contributed by atoms with Crippen LogP contribution in [0.1, 0.15) is 39.3 Å². The molecule has 176 valence electrons. The predicted octanol–water partition coefficient (Wildman–Crippen LogP) is 1.26. The number of rotatable bonds is 8. The standard InChI is InChI=1S/C20H29N5O6S/c1-19(7-20(2,8-29-19)30-11-32-3)5-14(27)28-6-12-4-13(26)18(31-12)25-10-24-15-16(21)22-9-23-17(15)25/h9-10,12-13,18,26H,4-8,11H2,1-3H3,(H2,21,22,23). The van der Waals surface area contributed by atoms with Crippen molar-refractivity contribution in [2.75, 3.05) is 31.1 Å². The van der Waals surface area contributed by atoms with Gasteiger partial charge >= 0.3 is 5.97 Å². The van der Waals surface area contributed by atoms with Crippen molar-refractivity contribution in [1.29, 1.82) is 0 Å². The number of carbonyl (C=O) groups is 1. The summed E-state index contributed by atoms with van der Waals surface area (Å²) in [5, 5.41) is 10.5. The van der Waals surface area contributed by atoms with E-state index >= 15 is 0 Å². The molecular formula is C20H29N5O6S. The summed E-state index contributed by atoms with van der Waals surface area (Å²) in [4.78, 5) is 24.8.